The predicted molar refractivity (Wildman–Crippen MR) is 99.1 cm³/mol. The molecule has 6 heteroatoms. The molecule has 0 aliphatic heterocycles. The number of nitrogens with zero attached hydrogens (tertiary/aromatic N) is 2. The van der Waals surface area contributed by atoms with Gasteiger partial charge < -0.3 is 9.84 Å². The van der Waals surface area contributed by atoms with Crippen molar-refractivity contribution in [3.63, 3.8) is 0 Å². The second kappa shape index (κ2) is 7.92. The Morgan fingerprint density at radius 3 is 2.22 bits per heavy atom. The predicted octanol–water partition coefficient (Wildman–Crippen LogP) is 3.62. The summed E-state index contributed by atoms with van der Waals surface area (Å²) in [6.45, 7) is 1.53. The van der Waals surface area contributed by atoms with E-state index in [9.17, 15) is 14.7 Å². The van der Waals surface area contributed by atoms with Crippen molar-refractivity contribution < 1.29 is 19.4 Å². The summed E-state index contributed by atoms with van der Waals surface area (Å²) in [4.78, 5) is 24.9. The fourth-order valence-corrected chi connectivity index (χ4v) is 3.42. The maximum atomic E-state index is 12.5. The van der Waals surface area contributed by atoms with E-state index in [1.54, 1.807) is 0 Å². The number of benzene rings is 2. The average molecular weight is 364 g/mol. The standard InChI is InChI=1S/C21H20N2O4/c1-14(20(24)25)23(12-6-11-22)21(26)27-13-19-17-9-4-2-7-15(17)16-8-3-5-10-18(16)19/h2-5,7-10,14,19H,6,12-13H2,1H3,(H,24,25). The van der Waals surface area contributed by atoms with Crippen LogP contribution >= 0.6 is 0 Å². The van der Waals surface area contributed by atoms with Crippen LogP contribution in [0.15, 0.2) is 48.5 Å². The molecule has 0 bridgehead atoms. The first-order chi connectivity index (χ1) is 13.0. The fourth-order valence-electron chi connectivity index (χ4n) is 3.42. The Kier molecular flexibility index (Phi) is 5.41. The molecule has 2 aromatic rings. The summed E-state index contributed by atoms with van der Waals surface area (Å²) in [5.41, 5.74) is 4.41. The Morgan fingerprint density at radius 1 is 1.15 bits per heavy atom. The Labute approximate surface area is 157 Å². The number of hydrogen-bond acceptors (Lipinski definition) is 4. The number of rotatable bonds is 6. The molecule has 1 aliphatic carbocycles. The first-order valence-corrected chi connectivity index (χ1v) is 8.76. The largest absolute Gasteiger partial charge is 0.480 e. The van der Waals surface area contributed by atoms with Gasteiger partial charge in [0.05, 0.1) is 12.5 Å². The lowest BCUT2D eigenvalue weighted by Crippen LogP contribution is -2.44. The van der Waals surface area contributed by atoms with Gasteiger partial charge in [0.25, 0.3) is 0 Å². The molecule has 138 valence electrons. The Bertz CT molecular complexity index is 858. The summed E-state index contributed by atoms with van der Waals surface area (Å²) in [6.07, 6.45) is -0.677. The molecule has 1 aliphatic rings. The number of ether oxygens (including phenoxy) is 1. The highest BCUT2D eigenvalue weighted by Crippen LogP contribution is 2.44. The molecule has 0 saturated heterocycles. The van der Waals surface area contributed by atoms with Gasteiger partial charge in [0.2, 0.25) is 0 Å². The molecule has 27 heavy (non-hydrogen) atoms. The third kappa shape index (κ3) is 3.63. The van der Waals surface area contributed by atoms with Crippen molar-refractivity contribution in [1.82, 2.24) is 4.90 Å². The molecular weight excluding hydrogens is 344 g/mol. The Balaban J connectivity index is 1.78. The van der Waals surface area contributed by atoms with Crippen LogP contribution in [-0.2, 0) is 9.53 Å². The van der Waals surface area contributed by atoms with Gasteiger partial charge in [0.15, 0.2) is 0 Å². The van der Waals surface area contributed by atoms with E-state index >= 15 is 0 Å². The maximum absolute atomic E-state index is 12.5. The van der Waals surface area contributed by atoms with Crippen LogP contribution in [0.5, 0.6) is 0 Å². The third-order valence-corrected chi connectivity index (χ3v) is 4.86. The summed E-state index contributed by atoms with van der Waals surface area (Å²) in [5.74, 6) is -1.24. The first kappa shape index (κ1) is 18.5. The zero-order valence-electron chi connectivity index (χ0n) is 15.0. The summed E-state index contributed by atoms with van der Waals surface area (Å²) in [6, 6.07) is 16.8. The number of fused-ring (bicyclic) bond motifs is 3. The van der Waals surface area contributed by atoms with Gasteiger partial charge in [0, 0.05) is 12.5 Å². The quantitative estimate of drug-likeness (QED) is 0.845. The molecule has 0 heterocycles. The van der Waals surface area contributed by atoms with Crippen molar-refractivity contribution >= 4 is 12.1 Å². The van der Waals surface area contributed by atoms with Crippen molar-refractivity contribution in [2.75, 3.05) is 13.2 Å². The number of carboxylic acid groups (broad SMARTS) is 1. The van der Waals surface area contributed by atoms with Gasteiger partial charge in [-0.1, -0.05) is 48.5 Å². The van der Waals surface area contributed by atoms with Crippen LogP contribution in [-0.4, -0.2) is 41.3 Å². The highest BCUT2D eigenvalue weighted by molar-refractivity contribution is 5.81. The van der Waals surface area contributed by atoms with Gasteiger partial charge in [-0.2, -0.15) is 5.26 Å². The number of nitriles is 1. The molecule has 1 atom stereocenters. The minimum absolute atomic E-state index is 0.0145. The van der Waals surface area contributed by atoms with Crippen LogP contribution in [0.3, 0.4) is 0 Å². The Morgan fingerprint density at radius 2 is 1.70 bits per heavy atom. The molecule has 1 N–H and O–H groups in total. The van der Waals surface area contributed by atoms with E-state index in [1.807, 2.05) is 54.6 Å². The van der Waals surface area contributed by atoms with Crippen LogP contribution < -0.4 is 0 Å². The first-order valence-electron chi connectivity index (χ1n) is 8.76. The lowest BCUT2D eigenvalue weighted by atomic mass is 9.98. The van der Waals surface area contributed by atoms with Gasteiger partial charge in [-0.05, 0) is 29.2 Å². The third-order valence-electron chi connectivity index (χ3n) is 4.86. The molecule has 6 nitrogen and oxygen atoms in total. The van der Waals surface area contributed by atoms with Gasteiger partial charge >= 0.3 is 12.1 Å². The van der Waals surface area contributed by atoms with Crippen LogP contribution in [0, 0.1) is 11.3 Å². The molecular formula is C21H20N2O4. The lowest BCUT2D eigenvalue weighted by molar-refractivity contribution is -0.142. The molecule has 2 aromatic carbocycles. The fraction of sp³-hybridized carbons (Fsp3) is 0.286. The average Bonchev–Trinajstić information content (AvgIpc) is 3.00. The van der Waals surface area contributed by atoms with Crippen molar-refractivity contribution in [3.05, 3.63) is 59.7 Å². The number of carbonyl (C=O) groups is 2. The number of carboxylic acids is 1. The molecule has 1 unspecified atom stereocenters. The number of amides is 1. The van der Waals surface area contributed by atoms with Crippen molar-refractivity contribution in [2.24, 2.45) is 0 Å². The van der Waals surface area contributed by atoms with Crippen LogP contribution in [0.1, 0.15) is 30.4 Å². The topological polar surface area (TPSA) is 90.6 Å². The summed E-state index contributed by atoms with van der Waals surface area (Å²) >= 11 is 0. The van der Waals surface area contributed by atoms with E-state index < -0.39 is 18.1 Å². The minimum Gasteiger partial charge on any atom is -0.480 e. The highest BCUT2D eigenvalue weighted by Gasteiger charge is 2.31. The van der Waals surface area contributed by atoms with Gasteiger partial charge in [-0.15, -0.1) is 0 Å². The van der Waals surface area contributed by atoms with Crippen LogP contribution in [0.25, 0.3) is 11.1 Å². The molecule has 0 spiro atoms. The van der Waals surface area contributed by atoms with Gasteiger partial charge in [-0.25, -0.2) is 9.59 Å². The van der Waals surface area contributed by atoms with Crippen molar-refractivity contribution in [2.45, 2.75) is 25.3 Å². The smallest absolute Gasteiger partial charge is 0.410 e. The summed E-state index contributed by atoms with van der Waals surface area (Å²) in [5, 5.41) is 18.0. The van der Waals surface area contributed by atoms with E-state index in [-0.39, 0.29) is 25.5 Å². The Hall–Kier alpha value is -3.33. The minimum atomic E-state index is -1.14. The van der Waals surface area contributed by atoms with E-state index in [0.717, 1.165) is 27.2 Å². The molecule has 3 rings (SSSR count). The van der Waals surface area contributed by atoms with Gasteiger partial charge in [0.1, 0.15) is 12.6 Å². The van der Waals surface area contributed by atoms with Crippen LogP contribution in [0.2, 0.25) is 0 Å². The van der Waals surface area contributed by atoms with E-state index in [4.69, 9.17) is 10.00 Å². The molecule has 0 fully saturated rings. The summed E-state index contributed by atoms with van der Waals surface area (Å²) < 4.78 is 5.48. The second-order valence-corrected chi connectivity index (χ2v) is 6.42. The van der Waals surface area contributed by atoms with Crippen molar-refractivity contribution in [1.29, 1.82) is 5.26 Å². The van der Waals surface area contributed by atoms with Crippen molar-refractivity contribution in [3.8, 4) is 17.2 Å². The zero-order valence-corrected chi connectivity index (χ0v) is 15.0. The highest BCUT2D eigenvalue weighted by atomic mass is 16.6. The molecule has 1 amide bonds. The molecule has 0 radical (unpaired) electrons. The van der Waals surface area contributed by atoms with Gasteiger partial charge in [-0.3, -0.25) is 4.90 Å². The maximum Gasteiger partial charge on any atom is 0.410 e. The van der Waals surface area contributed by atoms with E-state index in [2.05, 4.69) is 0 Å². The monoisotopic (exact) mass is 364 g/mol. The number of hydrogen-bond donors (Lipinski definition) is 1. The summed E-state index contributed by atoms with van der Waals surface area (Å²) in [7, 11) is 0. The van der Waals surface area contributed by atoms with Crippen LogP contribution in [0.4, 0.5) is 4.79 Å². The molecule has 0 saturated carbocycles. The number of aliphatic carboxylic acids is 1. The SMILES string of the molecule is CC(C(=O)O)N(CCC#N)C(=O)OCC1c2ccccc2-c2ccccc21. The second-order valence-electron chi connectivity index (χ2n) is 6.42. The van der Waals surface area contributed by atoms with E-state index in [1.165, 1.54) is 6.92 Å². The lowest BCUT2D eigenvalue weighted by Gasteiger charge is -2.25. The number of carbonyl (C=O) groups excluding carboxylic acids is 1. The zero-order chi connectivity index (χ0) is 19.4. The van der Waals surface area contributed by atoms with E-state index in [0.29, 0.717) is 0 Å². The normalized spacial score (nSPS) is 13.2. The molecule has 0 aromatic heterocycles.